The third-order valence-electron chi connectivity index (χ3n) is 7.66. The lowest BCUT2D eigenvalue weighted by molar-refractivity contribution is 0.300. The number of fused-ring (bicyclic) bond motifs is 3. The average Bonchev–Trinajstić information content (AvgIpc) is 3.06. The van der Waals surface area contributed by atoms with E-state index in [0.717, 1.165) is 86.5 Å². The zero-order valence-corrected chi connectivity index (χ0v) is 19.2. The SMILES string of the molecule is CCc1nc2c(c(N3CCCCCC3)n1)CCC1(CCCc3c(Cl)cc(N)c(F)c31)C2. The van der Waals surface area contributed by atoms with Crippen molar-refractivity contribution in [3.8, 4) is 0 Å². The summed E-state index contributed by atoms with van der Waals surface area (Å²) in [6, 6.07) is 1.58. The molecule has 3 aliphatic rings. The van der Waals surface area contributed by atoms with Crippen LogP contribution in [0.1, 0.15) is 80.1 Å². The molecule has 6 heteroatoms. The molecule has 31 heavy (non-hydrogen) atoms. The molecule has 0 bridgehead atoms. The maximum Gasteiger partial charge on any atom is 0.150 e. The van der Waals surface area contributed by atoms with E-state index in [9.17, 15) is 0 Å². The van der Waals surface area contributed by atoms with E-state index in [0.29, 0.717) is 5.02 Å². The second kappa shape index (κ2) is 8.23. The smallest absolute Gasteiger partial charge is 0.150 e. The highest BCUT2D eigenvalue weighted by atomic mass is 35.5. The molecule has 1 saturated heterocycles. The van der Waals surface area contributed by atoms with Crippen LogP contribution in [0.3, 0.4) is 0 Å². The number of aromatic nitrogens is 2. The molecule has 2 aromatic rings. The molecule has 1 aromatic carbocycles. The molecule has 1 aliphatic heterocycles. The first-order valence-electron chi connectivity index (χ1n) is 11.9. The van der Waals surface area contributed by atoms with Crippen LogP contribution in [0.15, 0.2) is 6.07 Å². The topological polar surface area (TPSA) is 55.0 Å². The third kappa shape index (κ3) is 3.59. The molecule has 166 valence electrons. The second-order valence-corrected chi connectivity index (χ2v) is 9.98. The Kier molecular flexibility index (Phi) is 5.58. The Morgan fingerprint density at radius 2 is 1.84 bits per heavy atom. The lowest BCUT2D eigenvalue weighted by Crippen LogP contribution is -2.40. The van der Waals surface area contributed by atoms with E-state index in [1.807, 2.05) is 0 Å². The first kappa shape index (κ1) is 21.0. The van der Waals surface area contributed by atoms with Gasteiger partial charge in [0.1, 0.15) is 17.5 Å². The summed E-state index contributed by atoms with van der Waals surface area (Å²) < 4.78 is 15.4. The molecule has 2 heterocycles. The van der Waals surface area contributed by atoms with E-state index in [2.05, 4.69) is 11.8 Å². The summed E-state index contributed by atoms with van der Waals surface area (Å²) in [5, 5.41) is 0.612. The molecule has 0 amide bonds. The van der Waals surface area contributed by atoms with Crippen molar-refractivity contribution in [2.24, 2.45) is 0 Å². The third-order valence-corrected chi connectivity index (χ3v) is 7.99. The first-order chi connectivity index (χ1) is 15.0. The Morgan fingerprint density at radius 1 is 1.06 bits per heavy atom. The molecule has 5 rings (SSSR count). The predicted molar refractivity (Wildman–Crippen MR) is 125 cm³/mol. The van der Waals surface area contributed by atoms with Crippen LogP contribution in [0.25, 0.3) is 0 Å². The number of nitrogens with zero attached hydrogens (tertiary/aromatic N) is 3. The van der Waals surface area contributed by atoms with Crippen molar-refractivity contribution in [2.75, 3.05) is 23.7 Å². The van der Waals surface area contributed by atoms with Crippen molar-refractivity contribution in [1.82, 2.24) is 9.97 Å². The number of hydrogen-bond donors (Lipinski definition) is 1. The number of hydrogen-bond acceptors (Lipinski definition) is 4. The molecule has 1 spiro atoms. The Balaban J connectivity index is 1.60. The summed E-state index contributed by atoms with van der Waals surface area (Å²) in [4.78, 5) is 12.5. The van der Waals surface area contributed by atoms with Crippen LogP contribution in [-0.2, 0) is 31.1 Å². The lowest BCUT2D eigenvalue weighted by Gasteiger charge is -2.43. The molecule has 1 atom stereocenters. The standard InChI is InChI=1S/C25H32ClFN4/c1-2-21-29-20-15-25(10-7-8-16-18(26)14-19(28)23(27)22(16)25)11-9-17(20)24(30-21)31-12-5-3-4-6-13-31/h14H,2-13,15,28H2,1H3. The number of anilines is 2. The number of aryl methyl sites for hydroxylation is 1. The van der Waals surface area contributed by atoms with Gasteiger partial charge in [0.15, 0.2) is 0 Å². The van der Waals surface area contributed by atoms with Gasteiger partial charge in [-0.25, -0.2) is 14.4 Å². The summed E-state index contributed by atoms with van der Waals surface area (Å²) in [5.74, 6) is 1.78. The van der Waals surface area contributed by atoms with Crippen LogP contribution in [0.2, 0.25) is 5.02 Å². The van der Waals surface area contributed by atoms with Gasteiger partial charge in [-0.2, -0.15) is 0 Å². The maximum absolute atomic E-state index is 15.4. The van der Waals surface area contributed by atoms with Gasteiger partial charge in [0, 0.05) is 41.1 Å². The van der Waals surface area contributed by atoms with Crippen molar-refractivity contribution >= 4 is 23.1 Å². The summed E-state index contributed by atoms with van der Waals surface area (Å²) >= 11 is 6.53. The van der Waals surface area contributed by atoms with Gasteiger partial charge in [-0.1, -0.05) is 31.4 Å². The molecule has 0 radical (unpaired) electrons. The Morgan fingerprint density at radius 3 is 2.58 bits per heavy atom. The fourth-order valence-electron chi connectivity index (χ4n) is 6.08. The Bertz CT molecular complexity index is 1000. The molecule has 1 fully saturated rings. The number of benzene rings is 1. The minimum absolute atomic E-state index is 0.165. The van der Waals surface area contributed by atoms with Crippen LogP contribution in [0, 0.1) is 5.82 Å². The van der Waals surface area contributed by atoms with Crippen molar-refractivity contribution in [1.29, 1.82) is 0 Å². The fraction of sp³-hybridized carbons (Fsp3) is 0.600. The van der Waals surface area contributed by atoms with Crippen LogP contribution in [0.4, 0.5) is 15.9 Å². The van der Waals surface area contributed by atoms with E-state index in [1.165, 1.54) is 31.2 Å². The Labute approximate surface area is 189 Å². The van der Waals surface area contributed by atoms with Crippen LogP contribution < -0.4 is 10.6 Å². The van der Waals surface area contributed by atoms with Crippen LogP contribution in [0.5, 0.6) is 0 Å². The summed E-state index contributed by atoms with van der Waals surface area (Å²) in [6.45, 7) is 4.26. The van der Waals surface area contributed by atoms with Gasteiger partial charge in [0.2, 0.25) is 0 Å². The molecule has 2 aliphatic carbocycles. The summed E-state index contributed by atoms with van der Waals surface area (Å²) in [7, 11) is 0. The minimum atomic E-state index is -0.265. The normalized spacial score (nSPS) is 23.4. The highest BCUT2D eigenvalue weighted by Gasteiger charge is 2.44. The van der Waals surface area contributed by atoms with Crippen molar-refractivity contribution in [2.45, 2.75) is 83.0 Å². The lowest BCUT2D eigenvalue weighted by atomic mass is 9.62. The number of rotatable bonds is 2. The minimum Gasteiger partial charge on any atom is -0.396 e. The van der Waals surface area contributed by atoms with Gasteiger partial charge < -0.3 is 10.6 Å². The maximum atomic E-state index is 15.4. The average molecular weight is 443 g/mol. The summed E-state index contributed by atoms with van der Waals surface area (Å²) in [5.41, 5.74) is 10.0. The van der Waals surface area contributed by atoms with E-state index in [4.69, 9.17) is 27.3 Å². The highest BCUT2D eigenvalue weighted by molar-refractivity contribution is 6.31. The van der Waals surface area contributed by atoms with E-state index < -0.39 is 0 Å². The van der Waals surface area contributed by atoms with E-state index in [1.54, 1.807) is 6.07 Å². The fourth-order valence-corrected chi connectivity index (χ4v) is 6.39. The largest absolute Gasteiger partial charge is 0.396 e. The van der Waals surface area contributed by atoms with Gasteiger partial charge >= 0.3 is 0 Å². The number of halogens is 2. The summed E-state index contributed by atoms with van der Waals surface area (Å²) in [6.07, 6.45) is 11.2. The molecule has 4 nitrogen and oxygen atoms in total. The predicted octanol–water partition coefficient (Wildman–Crippen LogP) is 5.56. The number of nitrogen functional groups attached to an aromatic ring is 1. The molecule has 2 N–H and O–H groups in total. The van der Waals surface area contributed by atoms with Gasteiger partial charge in [0.05, 0.1) is 11.4 Å². The molecular formula is C25H32ClFN4. The zero-order valence-electron chi connectivity index (χ0n) is 18.4. The zero-order chi connectivity index (χ0) is 21.6. The van der Waals surface area contributed by atoms with E-state index in [-0.39, 0.29) is 16.9 Å². The van der Waals surface area contributed by atoms with Gasteiger partial charge in [-0.15, -0.1) is 0 Å². The number of nitrogens with two attached hydrogens (primary N) is 1. The van der Waals surface area contributed by atoms with Gasteiger partial charge in [-0.3, -0.25) is 0 Å². The van der Waals surface area contributed by atoms with Crippen LogP contribution in [-0.4, -0.2) is 23.1 Å². The molecule has 1 unspecified atom stereocenters. The molecular weight excluding hydrogens is 411 g/mol. The molecule has 1 aromatic heterocycles. The Hall–Kier alpha value is -1.88. The first-order valence-corrected chi connectivity index (χ1v) is 12.3. The monoisotopic (exact) mass is 442 g/mol. The van der Waals surface area contributed by atoms with Crippen molar-refractivity contribution < 1.29 is 4.39 Å². The quantitative estimate of drug-likeness (QED) is 0.619. The van der Waals surface area contributed by atoms with Crippen LogP contribution >= 0.6 is 11.6 Å². The van der Waals surface area contributed by atoms with Gasteiger partial charge in [0.25, 0.3) is 0 Å². The second-order valence-electron chi connectivity index (χ2n) is 9.57. The highest BCUT2D eigenvalue weighted by Crippen LogP contribution is 2.50. The van der Waals surface area contributed by atoms with E-state index >= 15 is 4.39 Å². The molecule has 0 saturated carbocycles. The van der Waals surface area contributed by atoms with Crippen molar-refractivity contribution in [3.63, 3.8) is 0 Å². The van der Waals surface area contributed by atoms with Crippen molar-refractivity contribution in [3.05, 3.63) is 45.1 Å². The van der Waals surface area contributed by atoms with Gasteiger partial charge in [-0.05, 0) is 63.0 Å².